The Balaban J connectivity index is 1.32. The minimum absolute atomic E-state index is 0.274. The molecule has 2 atom stereocenters. The van der Waals surface area contributed by atoms with E-state index in [4.69, 9.17) is 0 Å². The molecule has 27 heavy (non-hydrogen) atoms. The molecule has 1 saturated carbocycles. The molecule has 2 saturated heterocycles. The van der Waals surface area contributed by atoms with Gasteiger partial charge < -0.3 is 9.80 Å². The Morgan fingerprint density at radius 1 is 1.11 bits per heavy atom. The number of piperidine rings is 1. The lowest BCUT2D eigenvalue weighted by Crippen LogP contribution is -3.15. The zero-order chi connectivity index (χ0) is 18.9. The first-order chi connectivity index (χ1) is 13.1. The number of nitrogens with one attached hydrogen (secondary N) is 1. The van der Waals surface area contributed by atoms with Crippen LogP contribution in [0.2, 0.25) is 0 Å². The number of likely N-dealkylation sites (tertiary alicyclic amines) is 1. The van der Waals surface area contributed by atoms with E-state index in [1.165, 1.54) is 48.3 Å². The van der Waals surface area contributed by atoms with Crippen LogP contribution in [0, 0.1) is 5.92 Å². The summed E-state index contributed by atoms with van der Waals surface area (Å²) < 4.78 is 27.3. The number of hydrogen-bond acceptors (Lipinski definition) is 4. The van der Waals surface area contributed by atoms with Gasteiger partial charge in [-0.3, -0.25) is 4.79 Å². The van der Waals surface area contributed by atoms with Crippen LogP contribution in [0.5, 0.6) is 0 Å². The van der Waals surface area contributed by atoms with Gasteiger partial charge in [-0.15, -0.1) is 11.3 Å². The Kier molecular flexibility index (Phi) is 5.87. The average Bonchev–Trinajstić information content (AvgIpc) is 3.24. The Hall–Kier alpha value is -0.960. The number of carbonyl (C=O) groups is 1. The van der Waals surface area contributed by atoms with Crippen LogP contribution in [-0.4, -0.2) is 68.8 Å². The van der Waals surface area contributed by atoms with Gasteiger partial charge in [-0.05, 0) is 43.0 Å². The van der Waals surface area contributed by atoms with Gasteiger partial charge in [-0.2, -0.15) is 4.31 Å². The third-order valence-corrected chi connectivity index (χ3v) is 9.76. The van der Waals surface area contributed by atoms with E-state index in [0.717, 1.165) is 13.0 Å². The van der Waals surface area contributed by atoms with E-state index in [9.17, 15) is 13.2 Å². The van der Waals surface area contributed by atoms with E-state index < -0.39 is 10.0 Å². The molecule has 4 rings (SSSR count). The molecule has 3 aliphatic rings. The van der Waals surface area contributed by atoms with E-state index in [0.29, 0.717) is 48.9 Å². The maximum Gasteiger partial charge on any atom is 0.278 e. The number of carbonyl (C=O) groups excluding carboxylic acids is 1. The zero-order valence-corrected chi connectivity index (χ0v) is 17.4. The Labute approximate surface area is 166 Å². The summed E-state index contributed by atoms with van der Waals surface area (Å²) in [6.07, 6.45) is 7.42. The highest BCUT2D eigenvalue weighted by Gasteiger charge is 2.38. The third kappa shape index (κ3) is 4.09. The smallest absolute Gasteiger partial charge is 0.278 e. The predicted molar refractivity (Wildman–Crippen MR) is 105 cm³/mol. The topological polar surface area (TPSA) is 62.1 Å². The number of piperazine rings is 1. The molecule has 8 heteroatoms. The second-order valence-electron chi connectivity index (χ2n) is 8.10. The molecule has 150 valence electrons. The van der Waals surface area contributed by atoms with Crippen LogP contribution in [0.3, 0.4) is 0 Å². The van der Waals surface area contributed by atoms with Crippen molar-refractivity contribution in [1.82, 2.24) is 9.21 Å². The number of rotatable bonds is 4. The highest BCUT2D eigenvalue weighted by molar-refractivity contribution is 7.91. The average molecular weight is 413 g/mol. The van der Waals surface area contributed by atoms with Crippen LogP contribution < -0.4 is 4.90 Å². The first kappa shape index (κ1) is 19.4. The normalized spacial score (nSPS) is 28.1. The van der Waals surface area contributed by atoms with Gasteiger partial charge in [0.05, 0.1) is 26.2 Å². The molecule has 1 N–H and O–H groups in total. The van der Waals surface area contributed by atoms with Gasteiger partial charge in [0.25, 0.3) is 15.9 Å². The summed E-state index contributed by atoms with van der Waals surface area (Å²) in [4.78, 5) is 16.3. The number of thiophene rings is 1. The second kappa shape index (κ2) is 8.19. The maximum atomic E-state index is 13.0. The lowest BCUT2D eigenvalue weighted by atomic mass is 9.78. The predicted octanol–water partition coefficient (Wildman–Crippen LogP) is 0.819. The van der Waals surface area contributed by atoms with E-state index >= 15 is 0 Å². The molecule has 1 amide bonds. The van der Waals surface area contributed by atoms with Crippen molar-refractivity contribution >= 4 is 27.3 Å². The molecule has 1 aromatic rings. The van der Waals surface area contributed by atoms with Crippen molar-refractivity contribution in [2.45, 2.75) is 48.8 Å². The van der Waals surface area contributed by atoms with E-state index in [1.54, 1.807) is 21.8 Å². The summed E-state index contributed by atoms with van der Waals surface area (Å²) in [5.74, 6) is 0.982. The monoisotopic (exact) mass is 412 g/mol. The molecule has 1 aromatic heterocycles. The molecule has 0 unspecified atom stereocenters. The first-order valence-electron chi connectivity index (χ1n) is 10.2. The van der Waals surface area contributed by atoms with E-state index in [-0.39, 0.29) is 5.91 Å². The fraction of sp³-hybridized carbons (Fsp3) is 0.737. The van der Waals surface area contributed by atoms with Crippen molar-refractivity contribution in [1.29, 1.82) is 0 Å². The number of nitrogens with zero attached hydrogens (tertiary/aromatic N) is 2. The Morgan fingerprint density at radius 2 is 1.85 bits per heavy atom. The first-order valence-corrected chi connectivity index (χ1v) is 12.5. The number of sulfonamides is 1. The van der Waals surface area contributed by atoms with Crippen molar-refractivity contribution < 1.29 is 18.1 Å². The zero-order valence-electron chi connectivity index (χ0n) is 15.8. The molecule has 0 spiro atoms. The molecule has 1 aliphatic carbocycles. The molecule has 0 aromatic carbocycles. The summed E-state index contributed by atoms with van der Waals surface area (Å²) in [5.41, 5.74) is 0. The SMILES string of the molecule is O=C(C[NH+]1CCN(S(=O)(=O)c2cccs2)CC1)N1CCC[C@H]2CCCC[C@H]21. The van der Waals surface area contributed by atoms with Crippen molar-refractivity contribution in [3.63, 3.8) is 0 Å². The van der Waals surface area contributed by atoms with Crippen molar-refractivity contribution in [3.8, 4) is 0 Å². The van der Waals surface area contributed by atoms with Crippen molar-refractivity contribution in [3.05, 3.63) is 17.5 Å². The molecular weight excluding hydrogens is 382 g/mol. The highest BCUT2D eigenvalue weighted by Crippen LogP contribution is 2.35. The largest absolute Gasteiger partial charge is 0.335 e. The van der Waals surface area contributed by atoms with E-state index in [2.05, 4.69) is 4.90 Å². The van der Waals surface area contributed by atoms with Gasteiger partial charge in [0.2, 0.25) is 0 Å². The van der Waals surface area contributed by atoms with Gasteiger partial charge in [0.1, 0.15) is 4.21 Å². The van der Waals surface area contributed by atoms with Crippen LogP contribution in [0.25, 0.3) is 0 Å². The summed E-state index contributed by atoms with van der Waals surface area (Å²) in [6, 6.07) is 3.90. The number of fused-ring (bicyclic) bond motifs is 1. The van der Waals surface area contributed by atoms with Gasteiger partial charge in [0, 0.05) is 12.6 Å². The minimum Gasteiger partial charge on any atom is -0.335 e. The van der Waals surface area contributed by atoms with Gasteiger partial charge >= 0.3 is 0 Å². The lowest BCUT2D eigenvalue weighted by Gasteiger charge is -2.44. The van der Waals surface area contributed by atoms with Gasteiger partial charge in [0.15, 0.2) is 6.54 Å². The summed E-state index contributed by atoms with van der Waals surface area (Å²) in [7, 11) is -3.36. The maximum absolute atomic E-state index is 13.0. The van der Waals surface area contributed by atoms with Gasteiger partial charge in [-0.1, -0.05) is 18.9 Å². The molecule has 3 fully saturated rings. The Bertz CT molecular complexity index is 740. The molecular formula is C19H30N3O3S2+. The number of hydrogen-bond donors (Lipinski definition) is 1. The summed E-state index contributed by atoms with van der Waals surface area (Å²) in [6.45, 7) is 3.82. The van der Waals surface area contributed by atoms with Crippen LogP contribution in [0.15, 0.2) is 21.7 Å². The second-order valence-corrected chi connectivity index (χ2v) is 11.2. The van der Waals surface area contributed by atoms with Crippen LogP contribution in [0.1, 0.15) is 38.5 Å². The molecule has 2 aliphatic heterocycles. The Morgan fingerprint density at radius 3 is 2.59 bits per heavy atom. The lowest BCUT2D eigenvalue weighted by molar-refractivity contribution is -0.896. The van der Waals surface area contributed by atoms with Crippen LogP contribution in [-0.2, 0) is 14.8 Å². The molecule has 3 heterocycles. The van der Waals surface area contributed by atoms with Crippen molar-refractivity contribution in [2.24, 2.45) is 5.92 Å². The molecule has 6 nitrogen and oxygen atoms in total. The van der Waals surface area contributed by atoms with Crippen LogP contribution >= 0.6 is 11.3 Å². The fourth-order valence-electron chi connectivity index (χ4n) is 5.01. The standard InChI is InChI=1S/C19H29N3O3S2/c23-18(22-9-3-6-16-5-1-2-7-17(16)22)15-20-10-12-21(13-11-20)27(24,25)19-8-4-14-26-19/h4,8,14,16-17H,1-3,5-7,9-13,15H2/p+1/t16-,17-/m1/s1. The minimum atomic E-state index is -3.36. The highest BCUT2D eigenvalue weighted by atomic mass is 32.2. The van der Waals surface area contributed by atoms with Crippen LogP contribution in [0.4, 0.5) is 0 Å². The third-order valence-electron chi connectivity index (χ3n) is 6.48. The van der Waals surface area contributed by atoms with E-state index in [1.807, 2.05) is 0 Å². The van der Waals surface area contributed by atoms with Gasteiger partial charge in [-0.25, -0.2) is 8.42 Å². The molecule has 0 bridgehead atoms. The number of quaternary nitrogens is 1. The summed E-state index contributed by atoms with van der Waals surface area (Å²) >= 11 is 1.27. The quantitative estimate of drug-likeness (QED) is 0.796. The number of amides is 1. The van der Waals surface area contributed by atoms with Crippen molar-refractivity contribution in [2.75, 3.05) is 39.3 Å². The fourth-order valence-corrected chi connectivity index (χ4v) is 7.59. The molecule has 0 radical (unpaired) electrons. The summed E-state index contributed by atoms with van der Waals surface area (Å²) in [5, 5.41) is 1.80.